The molecular weight excluding hydrogens is 272 g/mol. The number of methoxy groups -OCH3 is 1. The molecular formula is C14H14N4O3. The van der Waals surface area contributed by atoms with Gasteiger partial charge in [-0.1, -0.05) is 6.07 Å². The topological polar surface area (TPSA) is 103 Å². The molecule has 0 radical (unpaired) electrons. The van der Waals surface area contributed by atoms with E-state index in [1.54, 1.807) is 43.5 Å². The van der Waals surface area contributed by atoms with Crippen molar-refractivity contribution in [3.63, 3.8) is 0 Å². The molecule has 0 spiro atoms. The molecule has 0 amide bonds. The normalized spacial score (nSPS) is 11.0. The minimum Gasteiger partial charge on any atom is -0.497 e. The van der Waals surface area contributed by atoms with E-state index in [0.29, 0.717) is 11.4 Å². The Labute approximate surface area is 121 Å². The number of aliphatic imine (C=N–C) groups is 1. The van der Waals surface area contributed by atoms with Crippen LogP contribution in [0.4, 0.5) is 17.1 Å². The number of rotatable bonds is 4. The molecule has 0 bridgehead atoms. The van der Waals surface area contributed by atoms with E-state index >= 15 is 0 Å². The predicted octanol–water partition coefficient (Wildman–Crippen LogP) is 2.66. The van der Waals surface area contributed by atoms with Crippen molar-refractivity contribution in [2.45, 2.75) is 0 Å². The quantitative estimate of drug-likeness (QED) is 0.389. The summed E-state index contributed by atoms with van der Waals surface area (Å²) in [5.41, 5.74) is 6.90. The van der Waals surface area contributed by atoms with Crippen LogP contribution in [0.1, 0.15) is 0 Å². The maximum absolute atomic E-state index is 10.7. The molecule has 0 aliphatic rings. The highest BCUT2D eigenvalue weighted by Gasteiger charge is 2.06. The second-order valence-corrected chi connectivity index (χ2v) is 4.13. The van der Waals surface area contributed by atoms with Crippen LogP contribution in [0.3, 0.4) is 0 Å². The van der Waals surface area contributed by atoms with Crippen LogP contribution in [-0.2, 0) is 0 Å². The van der Waals surface area contributed by atoms with Crippen molar-refractivity contribution in [2.75, 3.05) is 12.4 Å². The molecule has 0 aliphatic heterocycles. The van der Waals surface area contributed by atoms with E-state index in [4.69, 9.17) is 10.5 Å². The van der Waals surface area contributed by atoms with Crippen LogP contribution in [0.5, 0.6) is 5.75 Å². The fraction of sp³-hybridized carbons (Fsp3) is 0.0714. The largest absolute Gasteiger partial charge is 0.497 e. The summed E-state index contributed by atoms with van der Waals surface area (Å²) < 4.78 is 5.05. The number of anilines is 1. The number of nitrogens with one attached hydrogen (secondary N) is 1. The van der Waals surface area contributed by atoms with E-state index in [1.807, 2.05) is 0 Å². The summed E-state index contributed by atoms with van der Waals surface area (Å²) in [5.74, 6) is 0.861. The number of nitro benzene ring substituents is 1. The van der Waals surface area contributed by atoms with Gasteiger partial charge in [-0.25, -0.2) is 4.99 Å². The number of nitrogens with two attached hydrogens (primary N) is 1. The van der Waals surface area contributed by atoms with Gasteiger partial charge in [0.1, 0.15) is 5.75 Å². The van der Waals surface area contributed by atoms with Gasteiger partial charge in [-0.3, -0.25) is 10.1 Å². The smallest absolute Gasteiger partial charge is 0.271 e. The Morgan fingerprint density at radius 2 is 2.00 bits per heavy atom. The second-order valence-electron chi connectivity index (χ2n) is 4.13. The average molecular weight is 286 g/mol. The first-order chi connectivity index (χ1) is 10.1. The molecule has 108 valence electrons. The molecule has 0 saturated carbocycles. The fourth-order valence-corrected chi connectivity index (χ4v) is 1.67. The second kappa shape index (κ2) is 6.38. The van der Waals surface area contributed by atoms with Gasteiger partial charge < -0.3 is 15.8 Å². The van der Waals surface area contributed by atoms with Crippen molar-refractivity contribution >= 4 is 23.0 Å². The molecule has 7 heteroatoms. The maximum atomic E-state index is 10.7. The Kier molecular flexibility index (Phi) is 4.35. The van der Waals surface area contributed by atoms with Crippen LogP contribution < -0.4 is 15.8 Å². The first-order valence-corrected chi connectivity index (χ1v) is 6.08. The van der Waals surface area contributed by atoms with Crippen molar-refractivity contribution in [3.05, 3.63) is 58.6 Å². The van der Waals surface area contributed by atoms with Gasteiger partial charge in [0, 0.05) is 17.8 Å². The van der Waals surface area contributed by atoms with E-state index in [9.17, 15) is 10.1 Å². The zero-order chi connectivity index (χ0) is 15.2. The monoisotopic (exact) mass is 286 g/mol. The van der Waals surface area contributed by atoms with Crippen molar-refractivity contribution in [1.29, 1.82) is 0 Å². The number of non-ortho nitro benzene ring substituents is 1. The van der Waals surface area contributed by atoms with Gasteiger partial charge in [0.25, 0.3) is 5.69 Å². The van der Waals surface area contributed by atoms with Crippen LogP contribution in [-0.4, -0.2) is 18.0 Å². The molecule has 0 aromatic heterocycles. The lowest BCUT2D eigenvalue weighted by Gasteiger charge is -2.05. The molecule has 3 N–H and O–H groups in total. The van der Waals surface area contributed by atoms with E-state index < -0.39 is 4.92 Å². The molecule has 2 rings (SSSR count). The zero-order valence-corrected chi connectivity index (χ0v) is 11.3. The zero-order valence-electron chi connectivity index (χ0n) is 11.3. The highest BCUT2D eigenvalue weighted by atomic mass is 16.6. The Balaban J connectivity index is 2.12. The van der Waals surface area contributed by atoms with Crippen LogP contribution >= 0.6 is 0 Å². The molecule has 2 aromatic carbocycles. The number of hydrogen-bond donors (Lipinski definition) is 2. The number of nitrogens with zero attached hydrogens (tertiary/aromatic N) is 2. The summed E-state index contributed by atoms with van der Waals surface area (Å²) in [6.45, 7) is 0. The van der Waals surface area contributed by atoms with Crippen LogP contribution in [0.15, 0.2) is 53.5 Å². The van der Waals surface area contributed by atoms with Crippen molar-refractivity contribution in [1.82, 2.24) is 0 Å². The van der Waals surface area contributed by atoms with Gasteiger partial charge in [0.15, 0.2) is 5.96 Å². The molecule has 0 unspecified atom stereocenters. The Morgan fingerprint density at radius 1 is 1.29 bits per heavy atom. The van der Waals surface area contributed by atoms with Gasteiger partial charge >= 0.3 is 0 Å². The minimum atomic E-state index is -0.470. The fourth-order valence-electron chi connectivity index (χ4n) is 1.67. The summed E-state index contributed by atoms with van der Waals surface area (Å²) in [5, 5.41) is 13.5. The maximum Gasteiger partial charge on any atom is 0.271 e. The van der Waals surface area contributed by atoms with Crippen molar-refractivity contribution < 1.29 is 9.66 Å². The number of ether oxygens (including phenoxy) is 1. The minimum absolute atomic E-state index is 0.0164. The van der Waals surface area contributed by atoms with Crippen molar-refractivity contribution in [2.24, 2.45) is 10.7 Å². The van der Waals surface area contributed by atoms with E-state index in [-0.39, 0.29) is 11.6 Å². The van der Waals surface area contributed by atoms with Gasteiger partial charge in [-0.05, 0) is 30.3 Å². The molecule has 7 nitrogen and oxygen atoms in total. The first kappa shape index (κ1) is 14.3. The third-order valence-corrected chi connectivity index (χ3v) is 2.65. The molecule has 0 atom stereocenters. The number of hydrogen-bond acceptors (Lipinski definition) is 4. The van der Waals surface area contributed by atoms with E-state index in [0.717, 1.165) is 5.75 Å². The van der Waals surface area contributed by atoms with Gasteiger partial charge in [0.05, 0.1) is 17.7 Å². The SMILES string of the molecule is COc1ccc(N=C(N)Nc2cccc([N+](=O)[O-])c2)cc1. The van der Waals surface area contributed by atoms with E-state index in [2.05, 4.69) is 10.3 Å². The standard InChI is InChI=1S/C14H14N4O3/c1-21-13-7-5-10(6-8-13)16-14(15)17-11-3-2-4-12(9-11)18(19)20/h2-9H,1H3,(H3,15,16,17). The molecule has 0 aliphatic carbocycles. The third kappa shape index (κ3) is 3.93. The van der Waals surface area contributed by atoms with Crippen molar-refractivity contribution in [3.8, 4) is 5.75 Å². The lowest BCUT2D eigenvalue weighted by molar-refractivity contribution is -0.384. The summed E-state index contributed by atoms with van der Waals surface area (Å²) in [6, 6.07) is 13.1. The lowest BCUT2D eigenvalue weighted by Crippen LogP contribution is -2.21. The van der Waals surface area contributed by atoms with Crippen LogP contribution in [0, 0.1) is 10.1 Å². The molecule has 0 saturated heterocycles. The predicted molar refractivity (Wildman–Crippen MR) is 81.0 cm³/mol. The molecule has 2 aromatic rings. The Bertz CT molecular complexity index is 668. The Morgan fingerprint density at radius 3 is 2.62 bits per heavy atom. The summed E-state index contributed by atoms with van der Waals surface area (Å²) in [7, 11) is 1.58. The summed E-state index contributed by atoms with van der Waals surface area (Å²) in [4.78, 5) is 14.4. The highest BCUT2D eigenvalue weighted by Crippen LogP contribution is 2.19. The van der Waals surface area contributed by atoms with Gasteiger partial charge in [-0.2, -0.15) is 0 Å². The third-order valence-electron chi connectivity index (χ3n) is 2.65. The summed E-state index contributed by atoms with van der Waals surface area (Å²) in [6.07, 6.45) is 0. The lowest BCUT2D eigenvalue weighted by atomic mass is 10.3. The molecule has 0 heterocycles. The van der Waals surface area contributed by atoms with Gasteiger partial charge in [0.2, 0.25) is 0 Å². The van der Waals surface area contributed by atoms with Crippen LogP contribution in [0.25, 0.3) is 0 Å². The number of guanidine groups is 1. The Hall–Kier alpha value is -3.09. The molecule has 21 heavy (non-hydrogen) atoms. The van der Waals surface area contributed by atoms with E-state index in [1.165, 1.54) is 12.1 Å². The highest BCUT2D eigenvalue weighted by molar-refractivity contribution is 5.94. The van der Waals surface area contributed by atoms with Gasteiger partial charge in [-0.15, -0.1) is 0 Å². The number of benzene rings is 2. The average Bonchev–Trinajstić information content (AvgIpc) is 2.48. The van der Waals surface area contributed by atoms with Crippen LogP contribution in [0.2, 0.25) is 0 Å². The number of nitro groups is 1. The summed E-state index contributed by atoms with van der Waals surface area (Å²) >= 11 is 0. The molecule has 0 fully saturated rings. The first-order valence-electron chi connectivity index (χ1n) is 6.08.